The van der Waals surface area contributed by atoms with Gasteiger partial charge in [0.2, 0.25) is 11.9 Å². The third-order valence-electron chi connectivity index (χ3n) is 4.13. The molecule has 0 aliphatic carbocycles. The number of furan rings is 1. The van der Waals surface area contributed by atoms with Gasteiger partial charge in [0, 0.05) is 13.1 Å². The van der Waals surface area contributed by atoms with Crippen LogP contribution in [0.3, 0.4) is 0 Å². The van der Waals surface area contributed by atoms with Gasteiger partial charge in [-0.15, -0.1) is 0 Å². The number of nitrogens with one attached hydrogen (secondary N) is 1. The number of piperidine rings is 1. The largest absolute Gasteiger partial charge is 0.467 e. The van der Waals surface area contributed by atoms with Crippen molar-refractivity contribution in [3.63, 3.8) is 0 Å². The second kappa shape index (κ2) is 6.85. The zero-order valence-electron chi connectivity index (χ0n) is 13.2. The number of hydrogen-bond donors (Lipinski definition) is 1. The number of rotatable bonds is 3. The van der Waals surface area contributed by atoms with Crippen molar-refractivity contribution in [1.29, 1.82) is 0 Å². The molecule has 0 saturated carbocycles. The SMILES string of the molecule is CCOC(=O)[C@H]1C(=O)NC(N2CCCCC2)=N[C@@H]1c1ccco1. The molecule has 3 heterocycles. The van der Waals surface area contributed by atoms with Gasteiger partial charge in [-0.2, -0.15) is 0 Å². The fraction of sp³-hybridized carbons (Fsp3) is 0.562. The summed E-state index contributed by atoms with van der Waals surface area (Å²) in [6, 6.07) is 2.77. The maximum absolute atomic E-state index is 12.5. The molecule has 2 aliphatic heterocycles. The van der Waals surface area contributed by atoms with Crippen molar-refractivity contribution in [3.05, 3.63) is 24.2 Å². The molecule has 1 amide bonds. The van der Waals surface area contributed by atoms with E-state index in [0.717, 1.165) is 25.9 Å². The van der Waals surface area contributed by atoms with Crippen LogP contribution in [0.25, 0.3) is 0 Å². The molecule has 2 aliphatic rings. The van der Waals surface area contributed by atoms with Crippen LogP contribution >= 0.6 is 0 Å². The van der Waals surface area contributed by atoms with E-state index in [2.05, 4.69) is 15.2 Å². The third-order valence-corrected chi connectivity index (χ3v) is 4.13. The fourth-order valence-corrected chi connectivity index (χ4v) is 2.99. The van der Waals surface area contributed by atoms with Gasteiger partial charge >= 0.3 is 5.97 Å². The van der Waals surface area contributed by atoms with Gasteiger partial charge in [-0.05, 0) is 38.3 Å². The van der Waals surface area contributed by atoms with E-state index >= 15 is 0 Å². The Morgan fingerprint density at radius 3 is 2.87 bits per heavy atom. The summed E-state index contributed by atoms with van der Waals surface area (Å²) >= 11 is 0. The maximum Gasteiger partial charge on any atom is 0.321 e. The summed E-state index contributed by atoms with van der Waals surface area (Å²) in [5, 5.41) is 2.76. The second-order valence-corrected chi connectivity index (χ2v) is 5.68. The van der Waals surface area contributed by atoms with Crippen LogP contribution in [-0.2, 0) is 14.3 Å². The molecule has 0 spiro atoms. The summed E-state index contributed by atoms with van der Waals surface area (Å²) in [4.78, 5) is 31.4. The number of guanidine groups is 1. The Morgan fingerprint density at radius 2 is 2.22 bits per heavy atom. The van der Waals surface area contributed by atoms with E-state index in [4.69, 9.17) is 9.15 Å². The van der Waals surface area contributed by atoms with Gasteiger partial charge in [0.1, 0.15) is 11.8 Å². The molecule has 23 heavy (non-hydrogen) atoms. The van der Waals surface area contributed by atoms with Crippen LogP contribution in [0.2, 0.25) is 0 Å². The van der Waals surface area contributed by atoms with Gasteiger partial charge in [0.15, 0.2) is 5.92 Å². The number of ether oxygens (including phenoxy) is 1. The van der Waals surface area contributed by atoms with Crippen molar-refractivity contribution < 1.29 is 18.7 Å². The zero-order chi connectivity index (χ0) is 16.2. The predicted octanol–water partition coefficient (Wildman–Crippen LogP) is 1.47. The third kappa shape index (κ3) is 3.23. The topological polar surface area (TPSA) is 84.1 Å². The lowest BCUT2D eigenvalue weighted by atomic mass is 9.95. The van der Waals surface area contributed by atoms with Crippen molar-refractivity contribution >= 4 is 17.8 Å². The highest BCUT2D eigenvalue weighted by Gasteiger charge is 2.43. The normalized spacial score (nSPS) is 24.8. The van der Waals surface area contributed by atoms with Crippen LogP contribution in [0.15, 0.2) is 27.8 Å². The smallest absolute Gasteiger partial charge is 0.321 e. The molecule has 7 nitrogen and oxygen atoms in total. The molecule has 0 unspecified atom stereocenters. The van der Waals surface area contributed by atoms with Gasteiger partial charge in [0.25, 0.3) is 0 Å². The van der Waals surface area contributed by atoms with Gasteiger partial charge in [-0.3, -0.25) is 14.9 Å². The summed E-state index contributed by atoms with van der Waals surface area (Å²) in [6.45, 7) is 3.64. The predicted molar refractivity (Wildman–Crippen MR) is 82.6 cm³/mol. The van der Waals surface area contributed by atoms with Crippen molar-refractivity contribution in [2.75, 3.05) is 19.7 Å². The van der Waals surface area contributed by atoms with Crippen LogP contribution in [-0.4, -0.2) is 42.4 Å². The van der Waals surface area contributed by atoms with Crippen LogP contribution in [0, 0.1) is 5.92 Å². The number of carbonyl (C=O) groups is 2. The van der Waals surface area contributed by atoms with Crippen LogP contribution < -0.4 is 5.32 Å². The van der Waals surface area contributed by atoms with Crippen molar-refractivity contribution in [3.8, 4) is 0 Å². The molecule has 124 valence electrons. The molecule has 1 N–H and O–H groups in total. The standard InChI is InChI=1S/C16H21N3O4/c1-2-22-15(21)12-13(11-7-6-10-23-11)17-16(18-14(12)20)19-8-4-3-5-9-19/h6-7,10,12-13H,2-5,8-9H2,1H3,(H,17,18,20)/t12-,13-/m1/s1. The molecular formula is C16H21N3O4. The van der Waals surface area contributed by atoms with E-state index in [9.17, 15) is 9.59 Å². The lowest BCUT2D eigenvalue weighted by Crippen LogP contribution is -2.53. The highest BCUT2D eigenvalue weighted by Crippen LogP contribution is 2.31. The Morgan fingerprint density at radius 1 is 1.43 bits per heavy atom. The van der Waals surface area contributed by atoms with E-state index in [1.54, 1.807) is 19.1 Å². The summed E-state index contributed by atoms with van der Waals surface area (Å²) in [5.74, 6) is -0.966. The molecule has 1 fully saturated rings. The maximum atomic E-state index is 12.5. The van der Waals surface area contributed by atoms with Crippen LogP contribution in [0.5, 0.6) is 0 Å². The summed E-state index contributed by atoms with van der Waals surface area (Å²) in [5.41, 5.74) is 0. The first-order chi connectivity index (χ1) is 11.2. The number of hydrogen-bond acceptors (Lipinski definition) is 6. The van der Waals surface area contributed by atoms with E-state index in [0.29, 0.717) is 11.7 Å². The second-order valence-electron chi connectivity index (χ2n) is 5.68. The van der Waals surface area contributed by atoms with E-state index in [1.165, 1.54) is 12.7 Å². The molecule has 0 aromatic carbocycles. The Kier molecular flexibility index (Phi) is 4.64. The molecule has 7 heteroatoms. The number of aliphatic imine (C=N–C) groups is 1. The monoisotopic (exact) mass is 319 g/mol. The lowest BCUT2D eigenvalue weighted by Gasteiger charge is -2.34. The average Bonchev–Trinajstić information content (AvgIpc) is 3.09. The number of nitrogens with zero attached hydrogens (tertiary/aromatic N) is 2. The van der Waals surface area contributed by atoms with E-state index in [-0.39, 0.29) is 12.5 Å². The lowest BCUT2D eigenvalue weighted by molar-refractivity contribution is -0.153. The van der Waals surface area contributed by atoms with Gasteiger partial charge in [0.05, 0.1) is 12.9 Å². The fourth-order valence-electron chi connectivity index (χ4n) is 2.99. The quantitative estimate of drug-likeness (QED) is 0.674. The Labute approximate surface area is 134 Å². The van der Waals surface area contributed by atoms with E-state index < -0.39 is 17.9 Å². The van der Waals surface area contributed by atoms with E-state index in [1.807, 2.05) is 0 Å². The first-order valence-electron chi connectivity index (χ1n) is 8.04. The number of carbonyl (C=O) groups excluding carboxylic acids is 2. The molecule has 3 rings (SSSR count). The number of amides is 1. The molecule has 1 saturated heterocycles. The molecule has 0 bridgehead atoms. The molecule has 1 aromatic heterocycles. The minimum absolute atomic E-state index is 0.218. The van der Waals surface area contributed by atoms with Crippen molar-refractivity contribution in [2.45, 2.75) is 32.2 Å². The minimum Gasteiger partial charge on any atom is -0.467 e. The van der Waals surface area contributed by atoms with Gasteiger partial charge in [-0.25, -0.2) is 4.99 Å². The minimum atomic E-state index is -1.02. The average molecular weight is 319 g/mol. The Hall–Kier alpha value is -2.31. The highest BCUT2D eigenvalue weighted by molar-refractivity contribution is 6.08. The number of likely N-dealkylation sites (tertiary alicyclic amines) is 1. The zero-order valence-corrected chi connectivity index (χ0v) is 13.2. The van der Waals surface area contributed by atoms with Gasteiger partial charge < -0.3 is 14.1 Å². The molecule has 1 aromatic rings. The molecule has 0 radical (unpaired) electrons. The van der Waals surface area contributed by atoms with Crippen molar-refractivity contribution in [1.82, 2.24) is 10.2 Å². The highest BCUT2D eigenvalue weighted by atomic mass is 16.5. The van der Waals surface area contributed by atoms with Crippen LogP contribution in [0.1, 0.15) is 38.0 Å². The Bertz CT molecular complexity index is 590. The summed E-state index contributed by atoms with van der Waals surface area (Å²) in [6.07, 6.45) is 4.84. The summed E-state index contributed by atoms with van der Waals surface area (Å²) < 4.78 is 10.4. The first kappa shape index (κ1) is 15.6. The number of esters is 1. The Balaban J connectivity index is 1.91. The molecule has 2 atom stereocenters. The van der Waals surface area contributed by atoms with Crippen LogP contribution in [0.4, 0.5) is 0 Å². The summed E-state index contributed by atoms with van der Waals surface area (Å²) in [7, 11) is 0. The first-order valence-corrected chi connectivity index (χ1v) is 8.04. The molecular weight excluding hydrogens is 298 g/mol. The van der Waals surface area contributed by atoms with Gasteiger partial charge in [-0.1, -0.05) is 0 Å². The van der Waals surface area contributed by atoms with Crippen molar-refractivity contribution in [2.24, 2.45) is 10.9 Å².